The Morgan fingerprint density at radius 2 is 1.67 bits per heavy atom. The number of carboxylic acids is 1. The number of carbonyl (C=O) groups excluding carboxylic acids is 1. The minimum absolute atomic E-state index is 0.0765. The Morgan fingerprint density at radius 1 is 1.14 bits per heavy atom. The predicted octanol–water partition coefficient (Wildman–Crippen LogP) is 3.52. The van der Waals surface area contributed by atoms with E-state index in [-0.39, 0.29) is 13.0 Å². The molecule has 5 heteroatoms. The monoisotopic (exact) mass is 293 g/mol. The predicted molar refractivity (Wildman–Crippen MR) is 81.7 cm³/mol. The van der Waals surface area contributed by atoms with E-state index in [1.165, 1.54) is 4.90 Å². The van der Waals surface area contributed by atoms with Crippen LogP contribution < -0.4 is 4.90 Å². The first kappa shape index (κ1) is 17.0. The summed E-state index contributed by atoms with van der Waals surface area (Å²) in [5.41, 5.74) is 2.04. The summed E-state index contributed by atoms with van der Waals surface area (Å²) in [7, 11) is 0. The Hall–Kier alpha value is -2.04. The molecular formula is C16H23NO4. The molecule has 116 valence electrons. The van der Waals surface area contributed by atoms with Crippen LogP contribution in [0.15, 0.2) is 18.2 Å². The lowest BCUT2D eigenvalue weighted by Gasteiger charge is -2.27. The van der Waals surface area contributed by atoms with E-state index < -0.39 is 17.7 Å². The van der Waals surface area contributed by atoms with Crippen LogP contribution in [0.5, 0.6) is 0 Å². The maximum atomic E-state index is 12.3. The molecule has 0 aliphatic rings. The maximum Gasteiger partial charge on any atom is 0.414 e. The zero-order valence-electron chi connectivity index (χ0n) is 13.3. The Morgan fingerprint density at radius 3 is 2.10 bits per heavy atom. The standard InChI is InChI=1S/C16H23NO4/c1-11-8-12(2)10-13(9-11)17(7-6-14(18)19)15(20)21-16(3,4)5/h8-10H,6-7H2,1-5H3,(H,18,19). The molecular weight excluding hydrogens is 270 g/mol. The molecule has 5 nitrogen and oxygen atoms in total. The number of aryl methyl sites for hydroxylation is 2. The highest BCUT2D eigenvalue weighted by molar-refractivity contribution is 5.88. The Labute approximate surface area is 125 Å². The Bertz CT molecular complexity index is 511. The van der Waals surface area contributed by atoms with Crippen LogP contribution in [0, 0.1) is 13.8 Å². The summed E-state index contributed by atoms with van der Waals surface area (Å²) in [6.07, 6.45) is -0.666. The number of carbonyl (C=O) groups is 2. The summed E-state index contributed by atoms with van der Waals surface area (Å²) < 4.78 is 5.36. The highest BCUT2D eigenvalue weighted by Crippen LogP contribution is 2.21. The van der Waals surface area contributed by atoms with Gasteiger partial charge in [0.2, 0.25) is 0 Å². The smallest absolute Gasteiger partial charge is 0.414 e. The van der Waals surface area contributed by atoms with Crippen molar-refractivity contribution in [2.45, 2.75) is 46.6 Å². The van der Waals surface area contributed by atoms with Gasteiger partial charge in [0.25, 0.3) is 0 Å². The number of aliphatic carboxylic acids is 1. The third kappa shape index (κ3) is 5.85. The molecule has 0 unspecified atom stereocenters. The summed E-state index contributed by atoms with van der Waals surface area (Å²) >= 11 is 0. The number of nitrogens with zero attached hydrogens (tertiary/aromatic N) is 1. The van der Waals surface area contributed by atoms with E-state index >= 15 is 0 Å². The second kappa shape index (κ2) is 6.61. The lowest BCUT2D eigenvalue weighted by atomic mass is 10.1. The van der Waals surface area contributed by atoms with Crippen molar-refractivity contribution in [3.8, 4) is 0 Å². The number of rotatable bonds is 4. The van der Waals surface area contributed by atoms with E-state index in [0.717, 1.165) is 11.1 Å². The number of carboxylic acid groups (broad SMARTS) is 1. The molecule has 1 aromatic carbocycles. The van der Waals surface area contributed by atoms with E-state index in [0.29, 0.717) is 5.69 Å². The first-order valence-electron chi connectivity index (χ1n) is 6.89. The van der Waals surface area contributed by atoms with Crippen LogP contribution in [0.1, 0.15) is 38.3 Å². The molecule has 0 saturated carbocycles. The topological polar surface area (TPSA) is 66.8 Å². The molecule has 0 spiro atoms. The van der Waals surface area contributed by atoms with Crippen LogP contribution in [-0.4, -0.2) is 29.3 Å². The Kier molecular flexibility index (Phi) is 5.35. The van der Waals surface area contributed by atoms with Gasteiger partial charge in [0.15, 0.2) is 0 Å². The highest BCUT2D eigenvalue weighted by atomic mass is 16.6. The van der Waals surface area contributed by atoms with Crippen molar-refractivity contribution < 1.29 is 19.4 Å². The molecule has 1 N–H and O–H groups in total. The van der Waals surface area contributed by atoms with Crippen LogP contribution in [0.3, 0.4) is 0 Å². The van der Waals surface area contributed by atoms with Crippen LogP contribution in [0.25, 0.3) is 0 Å². The second-order valence-corrected chi connectivity index (χ2v) is 6.12. The maximum absolute atomic E-state index is 12.3. The first-order chi connectivity index (χ1) is 9.58. The fourth-order valence-electron chi connectivity index (χ4n) is 1.96. The van der Waals surface area contributed by atoms with Crippen molar-refractivity contribution in [3.63, 3.8) is 0 Å². The molecule has 0 aliphatic heterocycles. The van der Waals surface area contributed by atoms with E-state index in [2.05, 4.69) is 0 Å². The van der Waals surface area contributed by atoms with E-state index in [9.17, 15) is 9.59 Å². The normalized spacial score (nSPS) is 11.1. The van der Waals surface area contributed by atoms with Crippen molar-refractivity contribution in [2.75, 3.05) is 11.4 Å². The average molecular weight is 293 g/mol. The van der Waals surface area contributed by atoms with Crippen LogP contribution >= 0.6 is 0 Å². The molecule has 0 radical (unpaired) electrons. The van der Waals surface area contributed by atoms with Gasteiger partial charge >= 0.3 is 12.1 Å². The summed E-state index contributed by atoms with van der Waals surface area (Å²) in [6.45, 7) is 9.28. The largest absolute Gasteiger partial charge is 0.481 e. The van der Waals surface area contributed by atoms with Gasteiger partial charge < -0.3 is 9.84 Å². The highest BCUT2D eigenvalue weighted by Gasteiger charge is 2.24. The number of benzene rings is 1. The van der Waals surface area contributed by atoms with Gasteiger partial charge in [-0.3, -0.25) is 9.69 Å². The molecule has 0 fully saturated rings. The second-order valence-electron chi connectivity index (χ2n) is 6.12. The first-order valence-corrected chi connectivity index (χ1v) is 6.89. The van der Waals surface area contributed by atoms with Crippen molar-refractivity contribution in [2.24, 2.45) is 0 Å². The zero-order chi connectivity index (χ0) is 16.2. The van der Waals surface area contributed by atoms with Gasteiger partial charge in [-0.2, -0.15) is 0 Å². The minimum Gasteiger partial charge on any atom is -0.481 e. The third-order valence-electron chi connectivity index (χ3n) is 2.68. The molecule has 0 heterocycles. The molecule has 1 amide bonds. The fraction of sp³-hybridized carbons (Fsp3) is 0.500. The zero-order valence-corrected chi connectivity index (χ0v) is 13.3. The summed E-state index contributed by atoms with van der Waals surface area (Å²) in [5, 5.41) is 8.85. The van der Waals surface area contributed by atoms with Crippen LogP contribution in [0.4, 0.5) is 10.5 Å². The van der Waals surface area contributed by atoms with Gasteiger partial charge in [0, 0.05) is 12.2 Å². The number of anilines is 1. The van der Waals surface area contributed by atoms with E-state index in [1.54, 1.807) is 20.8 Å². The van der Waals surface area contributed by atoms with Crippen molar-refractivity contribution in [3.05, 3.63) is 29.3 Å². The van der Waals surface area contributed by atoms with Gasteiger partial charge in [-0.15, -0.1) is 0 Å². The summed E-state index contributed by atoms with van der Waals surface area (Å²) in [4.78, 5) is 24.5. The van der Waals surface area contributed by atoms with E-state index in [1.807, 2.05) is 32.0 Å². The number of amides is 1. The molecule has 1 rings (SSSR count). The van der Waals surface area contributed by atoms with E-state index in [4.69, 9.17) is 9.84 Å². The van der Waals surface area contributed by atoms with Gasteiger partial charge in [-0.25, -0.2) is 4.79 Å². The summed E-state index contributed by atoms with van der Waals surface area (Å²) in [5.74, 6) is -0.951. The summed E-state index contributed by atoms with van der Waals surface area (Å²) in [6, 6.07) is 5.69. The average Bonchev–Trinajstić information content (AvgIpc) is 2.24. The van der Waals surface area contributed by atoms with Gasteiger partial charge in [0.1, 0.15) is 5.60 Å². The lowest BCUT2D eigenvalue weighted by molar-refractivity contribution is -0.136. The quantitative estimate of drug-likeness (QED) is 0.922. The molecule has 21 heavy (non-hydrogen) atoms. The molecule has 0 aromatic heterocycles. The van der Waals surface area contributed by atoms with Crippen LogP contribution in [0.2, 0.25) is 0 Å². The molecule has 0 atom stereocenters. The van der Waals surface area contributed by atoms with Gasteiger partial charge in [-0.05, 0) is 57.9 Å². The molecule has 0 aliphatic carbocycles. The fourth-order valence-corrected chi connectivity index (χ4v) is 1.96. The number of hydrogen-bond acceptors (Lipinski definition) is 3. The van der Waals surface area contributed by atoms with Crippen LogP contribution in [-0.2, 0) is 9.53 Å². The van der Waals surface area contributed by atoms with Crippen molar-refractivity contribution in [1.82, 2.24) is 0 Å². The van der Waals surface area contributed by atoms with Gasteiger partial charge in [-0.1, -0.05) is 6.07 Å². The van der Waals surface area contributed by atoms with Crippen molar-refractivity contribution in [1.29, 1.82) is 0 Å². The minimum atomic E-state index is -0.951. The third-order valence-corrected chi connectivity index (χ3v) is 2.68. The van der Waals surface area contributed by atoms with Crippen molar-refractivity contribution >= 4 is 17.7 Å². The number of ether oxygens (including phenoxy) is 1. The SMILES string of the molecule is Cc1cc(C)cc(N(CCC(=O)O)C(=O)OC(C)(C)C)c1. The Balaban J connectivity index is 3.06. The molecule has 1 aromatic rings. The van der Waals surface area contributed by atoms with Gasteiger partial charge in [0.05, 0.1) is 6.42 Å². The molecule has 0 bridgehead atoms. The molecule has 0 saturated heterocycles. The number of hydrogen-bond donors (Lipinski definition) is 1. The lowest BCUT2D eigenvalue weighted by Crippen LogP contribution is -2.38.